The van der Waals surface area contributed by atoms with Gasteiger partial charge in [0.1, 0.15) is 11.6 Å². The summed E-state index contributed by atoms with van der Waals surface area (Å²) in [6, 6.07) is 6.69. The molecule has 0 unspecified atom stereocenters. The number of hydrogen-bond donors (Lipinski definition) is 2. The zero-order valence-corrected chi connectivity index (χ0v) is 9.66. The maximum atomic E-state index is 13.3. The first kappa shape index (κ1) is 11.3. The molecule has 1 aromatic heterocycles. The predicted molar refractivity (Wildman–Crippen MR) is 66.0 cm³/mol. The summed E-state index contributed by atoms with van der Waals surface area (Å²) < 4.78 is 13.3. The molecule has 0 spiro atoms. The Morgan fingerprint density at radius 3 is 2.76 bits per heavy atom. The van der Waals surface area contributed by atoms with Crippen molar-refractivity contribution < 1.29 is 4.39 Å². The van der Waals surface area contributed by atoms with Crippen LogP contribution in [0.15, 0.2) is 30.5 Å². The summed E-state index contributed by atoms with van der Waals surface area (Å²) in [6.45, 7) is 1.73. The van der Waals surface area contributed by atoms with Gasteiger partial charge in [0.05, 0.1) is 0 Å². The van der Waals surface area contributed by atoms with Gasteiger partial charge in [-0.1, -0.05) is 6.07 Å². The molecule has 0 saturated carbocycles. The maximum absolute atomic E-state index is 13.3. The molecular formula is C12H13FN4. The Kier molecular flexibility index (Phi) is 3.18. The summed E-state index contributed by atoms with van der Waals surface area (Å²) in [5, 5.41) is 5.85. The van der Waals surface area contributed by atoms with E-state index in [0.717, 1.165) is 0 Å². The van der Waals surface area contributed by atoms with Gasteiger partial charge < -0.3 is 10.6 Å². The van der Waals surface area contributed by atoms with Crippen molar-refractivity contribution >= 4 is 17.5 Å². The van der Waals surface area contributed by atoms with Crippen molar-refractivity contribution in [2.45, 2.75) is 6.92 Å². The van der Waals surface area contributed by atoms with E-state index in [4.69, 9.17) is 0 Å². The molecule has 0 fully saturated rings. The number of benzene rings is 1. The Morgan fingerprint density at radius 1 is 1.24 bits per heavy atom. The molecule has 0 bridgehead atoms. The third kappa shape index (κ3) is 2.69. The lowest BCUT2D eigenvalue weighted by molar-refractivity contribution is 0.619. The van der Waals surface area contributed by atoms with Crippen LogP contribution in [-0.2, 0) is 0 Å². The fourth-order valence-electron chi connectivity index (χ4n) is 1.37. The Labute approximate surface area is 98.9 Å². The van der Waals surface area contributed by atoms with E-state index in [1.807, 2.05) is 0 Å². The number of hydrogen-bond acceptors (Lipinski definition) is 4. The normalized spacial score (nSPS) is 10.1. The standard InChI is InChI=1S/C12H13FN4/c1-8-3-4-9(7-10(8)13)16-11-5-6-15-12(14-2)17-11/h3-7H,1-2H3,(H2,14,15,16,17). The summed E-state index contributed by atoms with van der Waals surface area (Å²) in [6.07, 6.45) is 1.63. The summed E-state index contributed by atoms with van der Waals surface area (Å²) in [5.41, 5.74) is 1.28. The van der Waals surface area contributed by atoms with Crippen LogP contribution in [0.25, 0.3) is 0 Å². The van der Waals surface area contributed by atoms with Crippen LogP contribution in [0.4, 0.5) is 21.8 Å². The number of nitrogens with one attached hydrogen (secondary N) is 2. The van der Waals surface area contributed by atoms with Gasteiger partial charge in [0, 0.05) is 18.9 Å². The van der Waals surface area contributed by atoms with Crippen LogP contribution in [-0.4, -0.2) is 17.0 Å². The first-order chi connectivity index (χ1) is 8.19. The van der Waals surface area contributed by atoms with Crippen molar-refractivity contribution in [1.82, 2.24) is 9.97 Å². The Bertz CT molecular complexity index is 528. The van der Waals surface area contributed by atoms with Gasteiger partial charge >= 0.3 is 0 Å². The SMILES string of the molecule is CNc1nccc(Nc2ccc(C)c(F)c2)n1. The first-order valence-electron chi connectivity index (χ1n) is 5.23. The Hall–Kier alpha value is -2.17. The van der Waals surface area contributed by atoms with Crippen LogP contribution in [0.2, 0.25) is 0 Å². The molecule has 0 saturated heterocycles. The molecule has 0 aliphatic rings. The quantitative estimate of drug-likeness (QED) is 0.854. The monoisotopic (exact) mass is 232 g/mol. The molecule has 0 atom stereocenters. The van der Waals surface area contributed by atoms with Gasteiger partial charge in [-0.05, 0) is 30.7 Å². The van der Waals surface area contributed by atoms with Crippen molar-refractivity contribution in [2.75, 3.05) is 17.7 Å². The van der Waals surface area contributed by atoms with Gasteiger partial charge in [0.25, 0.3) is 0 Å². The fraction of sp³-hybridized carbons (Fsp3) is 0.167. The lowest BCUT2D eigenvalue weighted by Gasteiger charge is -2.07. The average Bonchev–Trinajstić information content (AvgIpc) is 2.34. The summed E-state index contributed by atoms with van der Waals surface area (Å²) in [7, 11) is 1.74. The van der Waals surface area contributed by atoms with E-state index in [1.54, 1.807) is 38.4 Å². The highest BCUT2D eigenvalue weighted by atomic mass is 19.1. The average molecular weight is 232 g/mol. The molecule has 0 amide bonds. The molecule has 2 rings (SSSR count). The van der Waals surface area contributed by atoms with Crippen molar-refractivity contribution in [3.8, 4) is 0 Å². The highest BCUT2D eigenvalue weighted by molar-refractivity contribution is 5.57. The second-order valence-corrected chi connectivity index (χ2v) is 3.60. The number of aryl methyl sites for hydroxylation is 1. The molecule has 88 valence electrons. The van der Waals surface area contributed by atoms with Crippen LogP contribution in [0.1, 0.15) is 5.56 Å². The fourth-order valence-corrected chi connectivity index (χ4v) is 1.37. The van der Waals surface area contributed by atoms with Crippen LogP contribution in [0.3, 0.4) is 0 Å². The third-order valence-electron chi connectivity index (χ3n) is 2.32. The number of halogens is 1. The lowest BCUT2D eigenvalue weighted by atomic mass is 10.2. The smallest absolute Gasteiger partial charge is 0.224 e. The molecule has 17 heavy (non-hydrogen) atoms. The maximum Gasteiger partial charge on any atom is 0.224 e. The lowest BCUT2D eigenvalue weighted by Crippen LogP contribution is -2.00. The van der Waals surface area contributed by atoms with E-state index in [2.05, 4.69) is 20.6 Å². The van der Waals surface area contributed by atoms with Crippen LogP contribution in [0.5, 0.6) is 0 Å². The summed E-state index contributed by atoms with van der Waals surface area (Å²) in [5.74, 6) is 0.896. The van der Waals surface area contributed by atoms with Crippen molar-refractivity contribution in [2.24, 2.45) is 0 Å². The second kappa shape index (κ2) is 4.78. The minimum absolute atomic E-state index is 0.238. The zero-order chi connectivity index (χ0) is 12.3. The molecule has 0 aliphatic heterocycles. The van der Waals surface area contributed by atoms with Gasteiger partial charge in [-0.25, -0.2) is 9.37 Å². The minimum Gasteiger partial charge on any atom is -0.357 e. The number of aromatic nitrogens is 2. The molecular weight excluding hydrogens is 219 g/mol. The summed E-state index contributed by atoms with van der Waals surface area (Å²) >= 11 is 0. The second-order valence-electron chi connectivity index (χ2n) is 3.60. The van der Waals surface area contributed by atoms with Gasteiger partial charge in [0.2, 0.25) is 5.95 Å². The first-order valence-corrected chi connectivity index (χ1v) is 5.23. The van der Waals surface area contributed by atoms with Gasteiger partial charge in [-0.2, -0.15) is 4.98 Å². The van der Waals surface area contributed by atoms with E-state index in [-0.39, 0.29) is 5.82 Å². The van der Waals surface area contributed by atoms with E-state index in [0.29, 0.717) is 23.0 Å². The molecule has 1 heterocycles. The van der Waals surface area contributed by atoms with Crippen molar-refractivity contribution in [3.05, 3.63) is 41.8 Å². The van der Waals surface area contributed by atoms with Crippen molar-refractivity contribution in [3.63, 3.8) is 0 Å². The molecule has 4 nitrogen and oxygen atoms in total. The largest absolute Gasteiger partial charge is 0.357 e. The van der Waals surface area contributed by atoms with Crippen LogP contribution < -0.4 is 10.6 Å². The van der Waals surface area contributed by atoms with Gasteiger partial charge in [-0.15, -0.1) is 0 Å². The number of anilines is 3. The topological polar surface area (TPSA) is 49.8 Å². The molecule has 5 heteroatoms. The van der Waals surface area contributed by atoms with Crippen molar-refractivity contribution in [1.29, 1.82) is 0 Å². The Balaban J connectivity index is 2.22. The number of nitrogens with zero attached hydrogens (tertiary/aromatic N) is 2. The molecule has 0 aliphatic carbocycles. The highest BCUT2D eigenvalue weighted by Gasteiger charge is 2.01. The molecule has 2 aromatic rings. The summed E-state index contributed by atoms with van der Waals surface area (Å²) in [4.78, 5) is 8.18. The number of rotatable bonds is 3. The van der Waals surface area contributed by atoms with Crippen LogP contribution >= 0.6 is 0 Å². The van der Waals surface area contributed by atoms with Gasteiger partial charge in [0.15, 0.2) is 0 Å². The zero-order valence-electron chi connectivity index (χ0n) is 9.66. The molecule has 0 radical (unpaired) electrons. The molecule has 1 aromatic carbocycles. The van der Waals surface area contributed by atoms with E-state index >= 15 is 0 Å². The third-order valence-corrected chi connectivity index (χ3v) is 2.32. The molecule has 2 N–H and O–H groups in total. The van der Waals surface area contributed by atoms with E-state index in [1.165, 1.54) is 6.07 Å². The Morgan fingerprint density at radius 2 is 2.06 bits per heavy atom. The van der Waals surface area contributed by atoms with Crippen LogP contribution in [0, 0.1) is 12.7 Å². The van der Waals surface area contributed by atoms with Gasteiger partial charge in [-0.3, -0.25) is 0 Å². The highest BCUT2D eigenvalue weighted by Crippen LogP contribution is 2.18. The van der Waals surface area contributed by atoms with E-state index in [9.17, 15) is 4.39 Å². The van der Waals surface area contributed by atoms with E-state index < -0.39 is 0 Å². The minimum atomic E-state index is -0.238. The predicted octanol–water partition coefficient (Wildman–Crippen LogP) is 2.71.